The van der Waals surface area contributed by atoms with Crippen LogP contribution in [0.3, 0.4) is 0 Å². The predicted octanol–water partition coefficient (Wildman–Crippen LogP) is 3.43. The molecule has 2 fully saturated rings. The van der Waals surface area contributed by atoms with Gasteiger partial charge in [0.2, 0.25) is 5.91 Å². The van der Waals surface area contributed by atoms with E-state index in [4.69, 9.17) is 11.0 Å². The van der Waals surface area contributed by atoms with Crippen molar-refractivity contribution in [3.8, 4) is 6.07 Å². The first-order chi connectivity index (χ1) is 12.6. The molecule has 0 radical (unpaired) electrons. The number of amides is 1. The summed E-state index contributed by atoms with van der Waals surface area (Å²) in [6, 6.07) is 18.4. The Hall–Kier alpha value is -2.64. The van der Waals surface area contributed by atoms with Crippen LogP contribution in [0.5, 0.6) is 0 Å². The third kappa shape index (κ3) is 3.79. The van der Waals surface area contributed by atoms with E-state index in [0.29, 0.717) is 17.5 Å². The van der Waals surface area contributed by atoms with Gasteiger partial charge in [-0.05, 0) is 60.6 Å². The Morgan fingerprint density at radius 1 is 1.19 bits per heavy atom. The second-order valence-electron chi connectivity index (χ2n) is 7.58. The van der Waals surface area contributed by atoms with Gasteiger partial charge in [-0.1, -0.05) is 24.3 Å². The maximum Gasteiger partial charge on any atom is 0.248 e. The number of hydrogen-bond acceptors (Lipinski definition) is 3. The smallest absolute Gasteiger partial charge is 0.248 e. The summed E-state index contributed by atoms with van der Waals surface area (Å²) < 4.78 is 0. The molecule has 2 aliphatic carbocycles. The van der Waals surface area contributed by atoms with Crippen molar-refractivity contribution in [3.63, 3.8) is 0 Å². The highest BCUT2D eigenvalue weighted by atomic mass is 16.1. The van der Waals surface area contributed by atoms with E-state index in [2.05, 4.69) is 17.0 Å². The number of carbonyl (C=O) groups is 1. The van der Waals surface area contributed by atoms with Crippen molar-refractivity contribution in [2.24, 2.45) is 11.7 Å². The molecule has 132 valence electrons. The molecule has 0 spiro atoms. The number of rotatable bonds is 7. The Balaban J connectivity index is 1.47. The van der Waals surface area contributed by atoms with Gasteiger partial charge >= 0.3 is 0 Å². The lowest BCUT2D eigenvalue weighted by Crippen LogP contribution is -2.29. The summed E-state index contributed by atoms with van der Waals surface area (Å²) >= 11 is 0. The SMILES string of the molecule is N#Cc1cccc(CN(CC2CC2)C2CC2c2ccc(C(N)=O)cc2)c1. The molecule has 4 nitrogen and oxygen atoms in total. The normalized spacial score (nSPS) is 21.4. The summed E-state index contributed by atoms with van der Waals surface area (Å²) in [5, 5.41) is 9.13. The molecule has 4 rings (SSSR count). The van der Waals surface area contributed by atoms with E-state index in [-0.39, 0.29) is 5.91 Å². The van der Waals surface area contributed by atoms with Crippen LogP contribution in [-0.4, -0.2) is 23.4 Å². The lowest BCUT2D eigenvalue weighted by atomic mass is 10.1. The van der Waals surface area contributed by atoms with Crippen LogP contribution in [0.25, 0.3) is 0 Å². The van der Waals surface area contributed by atoms with Crippen LogP contribution in [-0.2, 0) is 6.54 Å². The number of hydrogen-bond donors (Lipinski definition) is 1. The topological polar surface area (TPSA) is 70.1 Å². The van der Waals surface area contributed by atoms with Crippen molar-refractivity contribution in [2.75, 3.05) is 6.54 Å². The minimum absolute atomic E-state index is 0.378. The van der Waals surface area contributed by atoms with E-state index in [1.807, 2.05) is 42.5 Å². The van der Waals surface area contributed by atoms with Crippen molar-refractivity contribution < 1.29 is 4.79 Å². The molecular formula is C22H23N3O. The van der Waals surface area contributed by atoms with E-state index in [1.54, 1.807) is 0 Å². The number of primary amides is 1. The molecule has 2 N–H and O–H groups in total. The van der Waals surface area contributed by atoms with Gasteiger partial charge < -0.3 is 5.73 Å². The molecule has 2 saturated carbocycles. The van der Waals surface area contributed by atoms with Crippen LogP contribution in [0.4, 0.5) is 0 Å². The maximum atomic E-state index is 11.2. The number of benzene rings is 2. The standard InChI is InChI=1S/C22H23N3O/c23-12-16-2-1-3-17(10-16)14-25(13-15-4-5-15)21-11-20(21)18-6-8-19(9-7-18)22(24)26/h1-3,6-10,15,20-21H,4-5,11,13-14H2,(H2,24,26). The number of nitrogens with two attached hydrogens (primary N) is 1. The average Bonchev–Trinajstić information content (AvgIpc) is 3.56. The van der Waals surface area contributed by atoms with Crippen LogP contribution < -0.4 is 5.73 Å². The van der Waals surface area contributed by atoms with Crippen LogP contribution in [0.2, 0.25) is 0 Å². The van der Waals surface area contributed by atoms with Gasteiger partial charge in [-0.2, -0.15) is 5.26 Å². The molecule has 26 heavy (non-hydrogen) atoms. The Morgan fingerprint density at radius 3 is 2.62 bits per heavy atom. The summed E-state index contributed by atoms with van der Waals surface area (Å²) in [6.45, 7) is 2.03. The summed E-state index contributed by atoms with van der Waals surface area (Å²) in [5.74, 6) is 0.971. The zero-order chi connectivity index (χ0) is 18.1. The lowest BCUT2D eigenvalue weighted by Gasteiger charge is -2.23. The summed E-state index contributed by atoms with van der Waals surface area (Å²) in [4.78, 5) is 13.8. The zero-order valence-corrected chi connectivity index (χ0v) is 14.8. The zero-order valence-electron chi connectivity index (χ0n) is 14.8. The minimum Gasteiger partial charge on any atom is -0.366 e. The molecule has 1 amide bonds. The van der Waals surface area contributed by atoms with Crippen molar-refractivity contribution in [3.05, 3.63) is 70.8 Å². The average molecular weight is 345 g/mol. The highest BCUT2D eigenvalue weighted by molar-refractivity contribution is 5.92. The fourth-order valence-electron chi connectivity index (χ4n) is 3.76. The predicted molar refractivity (Wildman–Crippen MR) is 100 cm³/mol. The Bertz CT molecular complexity index is 848. The molecule has 2 atom stereocenters. The molecule has 2 unspecified atom stereocenters. The first kappa shape index (κ1) is 16.8. The van der Waals surface area contributed by atoms with Gasteiger partial charge in [0.15, 0.2) is 0 Å². The van der Waals surface area contributed by atoms with E-state index in [9.17, 15) is 4.79 Å². The third-order valence-electron chi connectivity index (χ3n) is 5.48. The molecule has 2 aromatic rings. The monoisotopic (exact) mass is 345 g/mol. The maximum absolute atomic E-state index is 11.2. The summed E-state index contributed by atoms with van der Waals surface area (Å²) in [6.07, 6.45) is 3.82. The van der Waals surface area contributed by atoms with E-state index in [0.717, 1.165) is 31.0 Å². The molecule has 4 heteroatoms. The molecule has 0 aromatic heterocycles. The Labute approximate surface area is 154 Å². The van der Waals surface area contributed by atoms with Crippen molar-refractivity contribution >= 4 is 5.91 Å². The fraction of sp³-hybridized carbons (Fsp3) is 0.364. The third-order valence-corrected chi connectivity index (χ3v) is 5.48. The molecule has 2 aliphatic rings. The van der Waals surface area contributed by atoms with E-state index in [1.165, 1.54) is 24.0 Å². The molecule has 0 aliphatic heterocycles. The summed E-state index contributed by atoms with van der Waals surface area (Å²) in [7, 11) is 0. The van der Waals surface area contributed by atoms with Crippen LogP contribution in [0.15, 0.2) is 48.5 Å². The van der Waals surface area contributed by atoms with Crippen molar-refractivity contribution in [2.45, 2.75) is 37.8 Å². The van der Waals surface area contributed by atoms with Crippen LogP contribution in [0.1, 0.15) is 52.2 Å². The van der Waals surface area contributed by atoms with E-state index >= 15 is 0 Å². The van der Waals surface area contributed by atoms with Gasteiger partial charge in [0.05, 0.1) is 11.6 Å². The number of carbonyl (C=O) groups excluding carboxylic acids is 1. The molecular weight excluding hydrogens is 322 g/mol. The summed E-state index contributed by atoms with van der Waals surface area (Å²) in [5.41, 5.74) is 9.11. The highest BCUT2D eigenvalue weighted by Gasteiger charge is 2.44. The lowest BCUT2D eigenvalue weighted by molar-refractivity contribution is 0.100. The van der Waals surface area contributed by atoms with Gasteiger partial charge in [-0.3, -0.25) is 9.69 Å². The second kappa shape index (κ2) is 6.93. The molecule has 0 heterocycles. The van der Waals surface area contributed by atoms with Gasteiger partial charge in [-0.15, -0.1) is 0 Å². The first-order valence-electron chi connectivity index (χ1n) is 9.27. The van der Waals surface area contributed by atoms with Crippen molar-refractivity contribution in [1.29, 1.82) is 5.26 Å². The number of nitrogens with zero attached hydrogens (tertiary/aromatic N) is 2. The molecule has 0 bridgehead atoms. The van der Waals surface area contributed by atoms with Crippen LogP contribution >= 0.6 is 0 Å². The first-order valence-corrected chi connectivity index (χ1v) is 9.27. The van der Waals surface area contributed by atoms with Gasteiger partial charge in [0.25, 0.3) is 0 Å². The quantitative estimate of drug-likeness (QED) is 0.836. The highest BCUT2D eigenvalue weighted by Crippen LogP contribution is 2.46. The molecule has 0 saturated heterocycles. The Morgan fingerprint density at radius 2 is 1.96 bits per heavy atom. The minimum atomic E-state index is -0.378. The van der Waals surface area contributed by atoms with E-state index < -0.39 is 0 Å². The Kier molecular flexibility index (Phi) is 4.48. The van der Waals surface area contributed by atoms with Crippen molar-refractivity contribution in [1.82, 2.24) is 4.90 Å². The fourth-order valence-corrected chi connectivity index (χ4v) is 3.76. The largest absolute Gasteiger partial charge is 0.366 e. The van der Waals surface area contributed by atoms with Gasteiger partial charge in [-0.25, -0.2) is 0 Å². The van der Waals surface area contributed by atoms with Crippen LogP contribution in [0, 0.1) is 17.2 Å². The number of nitriles is 1. The van der Waals surface area contributed by atoms with Gasteiger partial charge in [0.1, 0.15) is 0 Å². The molecule has 2 aromatic carbocycles. The van der Waals surface area contributed by atoms with Gasteiger partial charge in [0, 0.05) is 30.6 Å². The second-order valence-corrected chi connectivity index (χ2v) is 7.58.